The summed E-state index contributed by atoms with van der Waals surface area (Å²) in [5, 5.41) is 24.2. The highest BCUT2D eigenvalue weighted by Gasteiger charge is 2.37. The molecule has 1 aromatic heterocycles. The number of carbonyl (C=O) groups is 3. The molecule has 1 aliphatic carbocycles. The number of nitrogens with one attached hydrogen (secondary N) is 1. The number of carboxylic acids is 1. The van der Waals surface area contributed by atoms with E-state index in [9.17, 15) is 68.7 Å². The van der Waals surface area contributed by atoms with Gasteiger partial charge < -0.3 is 43.1 Å². The molecule has 2 atom stereocenters. The van der Waals surface area contributed by atoms with E-state index in [1.165, 1.54) is 24.4 Å². The quantitative estimate of drug-likeness (QED) is 0.0132. The van der Waals surface area contributed by atoms with Crippen molar-refractivity contribution in [1.29, 1.82) is 0 Å². The normalized spacial score (nSPS) is 13.2. The number of methoxy groups -OCH3 is 1. The SMILES string of the molecule is CCOc1cc(Oc2ccc(C(F)(F)F)cc2Cl)ccc1[N+](=O)[O-].CCc1cccc(C)c1N(C(=O)CCl)C(C)COC.CS(=O)(=O)c1cc(C(F)(F)F)ccc1C(=O)c1cnoc1C1CC1.C[S+](C)C.O=C(O)CNCP(=O)([O-])O. The molecule has 2 unspecified atom stereocenters. The molecule has 19 nitrogen and oxygen atoms in total. The number of alkyl halides is 7. The van der Waals surface area contributed by atoms with Gasteiger partial charge in [-0.1, -0.05) is 41.9 Å². The number of para-hydroxylation sites is 1. The zero-order chi connectivity index (χ0) is 61.8. The molecule has 1 saturated carbocycles. The Morgan fingerprint density at radius 1 is 0.975 bits per heavy atom. The number of benzene rings is 4. The van der Waals surface area contributed by atoms with Gasteiger partial charge in [0.1, 0.15) is 25.0 Å². The third kappa shape index (κ3) is 23.9. The number of rotatable bonds is 19. The first-order valence-corrected chi connectivity index (χ1v) is 30.8. The lowest BCUT2D eigenvalue weighted by Gasteiger charge is -2.31. The van der Waals surface area contributed by atoms with Crippen LogP contribution in [0.15, 0.2) is 88.4 Å². The molecule has 5 aromatic rings. The Balaban J connectivity index is 0.000000374. The van der Waals surface area contributed by atoms with E-state index in [0.717, 1.165) is 66.6 Å². The lowest BCUT2D eigenvalue weighted by atomic mass is 10.0. The number of aryl methyl sites for hydroxylation is 2. The third-order valence-corrected chi connectivity index (χ3v) is 12.7. The van der Waals surface area contributed by atoms with E-state index in [1.54, 1.807) is 18.9 Å². The summed E-state index contributed by atoms with van der Waals surface area (Å²) < 4.78 is 131. The molecule has 3 N–H and O–H groups in total. The zero-order valence-electron chi connectivity index (χ0n) is 45.1. The fourth-order valence-corrected chi connectivity index (χ4v) is 8.53. The average Bonchev–Trinajstić information content (AvgIpc) is 4.19. The van der Waals surface area contributed by atoms with Gasteiger partial charge in [0.25, 0.3) is 0 Å². The number of anilines is 1. The largest absolute Gasteiger partial charge is 0.778 e. The molecule has 448 valence electrons. The maximum Gasteiger partial charge on any atom is 0.416 e. The molecule has 0 bridgehead atoms. The van der Waals surface area contributed by atoms with E-state index in [-0.39, 0.29) is 69.4 Å². The van der Waals surface area contributed by atoms with Gasteiger partial charge in [-0.05, 0) is 105 Å². The lowest BCUT2D eigenvalue weighted by molar-refractivity contribution is -0.385. The number of ketones is 1. The Labute approximate surface area is 476 Å². The summed E-state index contributed by atoms with van der Waals surface area (Å²) in [5.41, 5.74) is 0.689. The molecular weight excluding hydrogens is 1190 g/mol. The second-order valence-electron chi connectivity index (χ2n) is 17.7. The highest BCUT2D eigenvalue weighted by Crippen LogP contribution is 2.43. The van der Waals surface area contributed by atoms with Crippen LogP contribution >= 0.6 is 30.8 Å². The molecule has 4 aromatic carbocycles. The van der Waals surface area contributed by atoms with Crippen molar-refractivity contribution in [2.75, 3.05) is 69.0 Å². The number of nitrogens with zero attached hydrogens (tertiary/aromatic N) is 3. The minimum absolute atomic E-state index is 0.0111. The molecule has 0 radical (unpaired) electrons. The highest BCUT2D eigenvalue weighted by atomic mass is 35.5. The summed E-state index contributed by atoms with van der Waals surface area (Å²) in [6.07, 6.45) is 1.09. The third-order valence-electron chi connectivity index (χ3n) is 10.4. The van der Waals surface area contributed by atoms with E-state index in [4.69, 9.17) is 51.9 Å². The van der Waals surface area contributed by atoms with Crippen LogP contribution in [0, 0.1) is 17.0 Å². The van der Waals surface area contributed by atoms with E-state index in [2.05, 4.69) is 36.9 Å². The van der Waals surface area contributed by atoms with Crippen LogP contribution in [-0.4, -0.2) is 116 Å². The molecule has 0 spiro atoms. The molecular formula is C51H61Cl2F6N4O15PS2. The summed E-state index contributed by atoms with van der Waals surface area (Å²) in [5.74, 6) is -1.49. The summed E-state index contributed by atoms with van der Waals surface area (Å²) in [6.45, 7) is 7.94. The summed E-state index contributed by atoms with van der Waals surface area (Å²) in [7, 11) is -6.11. The Kier molecular flexibility index (Phi) is 28.3. The van der Waals surface area contributed by atoms with E-state index in [0.29, 0.717) is 35.4 Å². The van der Waals surface area contributed by atoms with Crippen molar-refractivity contribution in [2.24, 2.45) is 0 Å². The maximum atomic E-state index is 12.8. The minimum atomic E-state index is -4.71. The van der Waals surface area contributed by atoms with Crippen LogP contribution in [0.25, 0.3) is 0 Å². The molecule has 0 saturated heterocycles. The molecule has 1 aliphatic rings. The molecule has 81 heavy (non-hydrogen) atoms. The summed E-state index contributed by atoms with van der Waals surface area (Å²) >= 11 is 11.6. The van der Waals surface area contributed by atoms with Crippen LogP contribution < -0.4 is 24.6 Å². The molecule has 0 aliphatic heterocycles. The van der Waals surface area contributed by atoms with Crippen LogP contribution in [0.4, 0.5) is 37.7 Å². The number of carboxylic acid groups (broad SMARTS) is 1. The first-order chi connectivity index (χ1) is 37.5. The second kappa shape index (κ2) is 32.2. The van der Waals surface area contributed by atoms with Gasteiger partial charge in [-0.2, -0.15) is 26.3 Å². The van der Waals surface area contributed by atoms with Crippen molar-refractivity contribution in [3.8, 4) is 17.2 Å². The van der Waals surface area contributed by atoms with Gasteiger partial charge in [0.05, 0.1) is 94.3 Å². The number of amides is 1. The fraction of sp³-hybridized carbons (Fsp3) is 0.412. The maximum absolute atomic E-state index is 12.8. The van der Waals surface area contributed by atoms with Crippen LogP contribution in [0.1, 0.15) is 83.5 Å². The number of carbonyl (C=O) groups excluding carboxylic acids is 2. The number of nitro benzene ring substituents is 1. The first kappa shape index (κ1) is 71.3. The molecule has 30 heteroatoms. The standard InChI is InChI=1S/C15H11ClF3NO4.C15H22ClNO2.C15H12F3NO4S.C3H8NO5P.C3H9S/c1-2-23-14-8-10(4-5-12(14)20(21)22)24-13-6-3-9(7-11(13)16)15(17,18)19;1-5-13-8-6-7-11(2)15(13)17(14(18)9-16)12(3)10-19-4;1-24(21,22)12-6-9(15(16,17)18)4-5-10(12)13(20)11-7-19-23-14(11)8-2-3-8;5-3(6)1-4-2-10(7,8)9;1-4(2)3/h3-8H,2H2,1H3;6-8,12H,5,9-10H2,1-4H3;4-8H,2-3H2,1H3;4H,1-2H2,(H,5,6)(H2,7,8,9);1-3H3/q;;;;+1/p-1. The number of hydrogen-bond acceptors (Lipinski definition) is 15. The Hall–Kier alpha value is -5.77. The van der Waals surface area contributed by atoms with Crippen molar-refractivity contribution in [1.82, 2.24) is 10.5 Å². The monoisotopic (exact) mass is 1250 g/mol. The van der Waals surface area contributed by atoms with E-state index in [1.807, 2.05) is 31.3 Å². The Morgan fingerprint density at radius 2 is 1.57 bits per heavy atom. The fourth-order valence-electron chi connectivity index (χ4n) is 6.89. The molecule has 1 fully saturated rings. The molecule has 6 rings (SSSR count). The smallest absolute Gasteiger partial charge is 0.416 e. The summed E-state index contributed by atoms with van der Waals surface area (Å²) in [4.78, 5) is 64.0. The lowest BCUT2D eigenvalue weighted by Crippen LogP contribution is -2.43. The van der Waals surface area contributed by atoms with Crippen molar-refractivity contribution in [3.63, 3.8) is 0 Å². The van der Waals surface area contributed by atoms with Crippen LogP contribution in [-0.2, 0) is 58.4 Å². The van der Waals surface area contributed by atoms with E-state index < -0.39 is 75.3 Å². The zero-order valence-corrected chi connectivity index (χ0v) is 49.2. The average molecular weight is 1250 g/mol. The topological polar surface area (TPSA) is 278 Å². The number of sulfone groups is 1. The van der Waals surface area contributed by atoms with Gasteiger partial charge in [0.2, 0.25) is 11.7 Å². The van der Waals surface area contributed by atoms with Crippen LogP contribution in [0.5, 0.6) is 17.2 Å². The Bertz CT molecular complexity index is 3090. The number of aromatic nitrogens is 1. The highest BCUT2D eigenvalue weighted by molar-refractivity contribution is 7.94. The van der Waals surface area contributed by atoms with E-state index >= 15 is 0 Å². The second-order valence-corrected chi connectivity index (χ2v) is 24.4. The molecule has 1 heterocycles. The van der Waals surface area contributed by atoms with Crippen LogP contribution in [0.2, 0.25) is 5.02 Å². The van der Waals surface area contributed by atoms with Crippen molar-refractivity contribution in [2.45, 2.75) is 76.2 Å². The Morgan fingerprint density at radius 3 is 2.05 bits per heavy atom. The van der Waals surface area contributed by atoms with Gasteiger partial charge in [0.15, 0.2) is 21.4 Å². The minimum Gasteiger partial charge on any atom is -0.778 e. The van der Waals surface area contributed by atoms with Crippen molar-refractivity contribution in [3.05, 3.63) is 133 Å². The molecule has 1 amide bonds. The number of ether oxygens (including phenoxy) is 3. The number of halogens is 8. The number of aliphatic carboxylic acids is 1. The number of hydrogen-bond donors (Lipinski definition) is 3. The summed E-state index contributed by atoms with van der Waals surface area (Å²) in [6, 6.07) is 14.5. The van der Waals surface area contributed by atoms with Gasteiger partial charge in [0, 0.05) is 37.0 Å². The van der Waals surface area contributed by atoms with Gasteiger partial charge in [-0.3, -0.25) is 29.8 Å². The number of nitro groups is 1. The van der Waals surface area contributed by atoms with Gasteiger partial charge >= 0.3 is 24.0 Å². The predicted molar refractivity (Wildman–Crippen MR) is 293 cm³/mol. The van der Waals surface area contributed by atoms with Crippen LogP contribution in [0.3, 0.4) is 0 Å². The van der Waals surface area contributed by atoms with Crippen molar-refractivity contribution >= 4 is 80.6 Å². The predicted octanol–water partition coefficient (Wildman–Crippen LogP) is 10.5. The first-order valence-electron chi connectivity index (χ1n) is 23.8. The van der Waals surface area contributed by atoms with Gasteiger partial charge in [-0.25, -0.2) is 8.42 Å². The van der Waals surface area contributed by atoms with Gasteiger partial charge in [-0.15, -0.1) is 11.6 Å². The van der Waals surface area contributed by atoms with Crippen molar-refractivity contribution < 1.29 is 92.3 Å².